The number of likely N-dealkylation sites (tertiary alicyclic amines) is 2. The highest BCUT2D eigenvalue weighted by molar-refractivity contribution is 7.22. The van der Waals surface area contributed by atoms with Crippen molar-refractivity contribution < 1.29 is 23.9 Å². The zero-order valence-corrected chi connectivity index (χ0v) is 21.6. The highest BCUT2D eigenvalue weighted by atomic mass is 32.1. The third kappa shape index (κ3) is 4.01. The summed E-state index contributed by atoms with van der Waals surface area (Å²) in [4.78, 5) is 49.8. The van der Waals surface area contributed by atoms with E-state index in [0.29, 0.717) is 36.8 Å². The molecule has 3 aliphatic heterocycles. The van der Waals surface area contributed by atoms with Crippen molar-refractivity contribution in [1.82, 2.24) is 14.8 Å². The van der Waals surface area contributed by atoms with Gasteiger partial charge in [-0.05, 0) is 52.2 Å². The Morgan fingerprint density at radius 2 is 1.91 bits per heavy atom. The number of para-hydroxylation sites is 1. The SMILES string of the molecule is COc1cccc2sc(N3C(=O)[C@@H](C)[C@@H]4[C@@H]3CCN4C(=O)[C@@H]3CCCN3C(=O)OC(C)(C)C)nc12. The van der Waals surface area contributed by atoms with E-state index in [1.165, 1.54) is 11.3 Å². The molecule has 1 aromatic heterocycles. The van der Waals surface area contributed by atoms with Crippen molar-refractivity contribution >= 4 is 44.6 Å². The number of aromatic nitrogens is 1. The Morgan fingerprint density at radius 1 is 1.14 bits per heavy atom. The number of benzene rings is 1. The molecule has 3 aliphatic rings. The van der Waals surface area contributed by atoms with E-state index in [9.17, 15) is 14.4 Å². The summed E-state index contributed by atoms with van der Waals surface area (Å²) in [5.41, 5.74) is 0.113. The highest BCUT2D eigenvalue weighted by Gasteiger charge is 2.55. The number of fused-ring (bicyclic) bond motifs is 2. The van der Waals surface area contributed by atoms with Gasteiger partial charge in [-0.1, -0.05) is 24.3 Å². The van der Waals surface area contributed by atoms with E-state index in [-0.39, 0.29) is 29.8 Å². The fraction of sp³-hybridized carbons (Fsp3) is 0.600. The van der Waals surface area contributed by atoms with Gasteiger partial charge in [0.15, 0.2) is 5.13 Å². The molecule has 3 saturated heterocycles. The molecule has 9 nitrogen and oxygen atoms in total. The summed E-state index contributed by atoms with van der Waals surface area (Å²) in [6.07, 6.45) is 1.59. The first-order chi connectivity index (χ1) is 16.6. The van der Waals surface area contributed by atoms with Crippen LogP contribution in [0.25, 0.3) is 10.2 Å². The number of carbonyl (C=O) groups excluding carboxylic acids is 3. The van der Waals surface area contributed by atoms with Crippen LogP contribution in [0, 0.1) is 5.92 Å². The first-order valence-electron chi connectivity index (χ1n) is 12.2. The second kappa shape index (κ2) is 8.65. The van der Waals surface area contributed by atoms with Gasteiger partial charge in [0.1, 0.15) is 22.9 Å². The minimum absolute atomic E-state index is 0.0223. The van der Waals surface area contributed by atoms with E-state index in [1.807, 2.05) is 50.8 Å². The van der Waals surface area contributed by atoms with Crippen LogP contribution in [0.15, 0.2) is 18.2 Å². The molecule has 0 N–H and O–H groups in total. The second-order valence-corrected chi connectivity index (χ2v) is 11.5. The molecule has 4 atom stereocenters. The van der Waals surface area contributed by atoms with Gasteiger partial charge in [0, 0.05) is 13.1 Å². The molecule has 0 aliphatic carbocycles. The molecule has 0 radical (unpaired) electrons. The topological polar surface area (TPSA) is 92.3 Å². The van der Waals surface area contributed by atoms with Crippen LogP contribution in [-0.4, -0.2) is 76.6 Å². The lowest BCUT2D eigenvalue weighted by atomic mass is 10.0. The molecule has 0 saturated carbocycles. The molecule has 3 amide bonds. The number of thiazole rings is 1. The molecule has 188 valence electrons. The summed E-state index contributed by atoms with van der Waals surface area (Å²) in [6.45, 7) is 8.40. The number of nitrogens with zero attached hydrogens (tertiary/aromatic N) is 4. The smallest absolute Gasteiger partial charge is 0.410 e. The molecule has 3 fully saturated rings. The molecule has 10 heteroatoms. The van der Waals surface area contributed by atoms with Crippen LogP contribution in [0.2, 0.25) is 0 Å². The molecule has 35 heavy (non-hydrogen) atoms. The van der Waals surface area contributed by atoms with Gasteiger partial charge >= 0.3 is 6.09 Å². The van der Waals surface area contributed by atoms with Gasteiger partial charge < -0.3 is 14.4 Å². The van der Waals surface area contributed by atoms with E-state index in [2.05, 4.69) is 0 Å². The maximum atomic E-state index is 13.7. The van der Waals surface area contributed by atoms with Crippen LogP contribution in [-0.2, 0) is 14.3 Å². The van der Waals surface area contributed by atoms with E-state index in [4.69, 9.17) is 14.5 Å². The van der Waals surface area contributed by atoms with Gasteiger partial charge in [0.25, 0.3) is 0 Å². The Balaban J connectivity index is 1.39. The van der Waals surface area contributed by atoms with Crippen molar-refractivity contribution in [3.05, 3.63) is 18.2 Å². The summed E-state index contributed by atoms with van der Waals surface area (Å²) in [7, 11) is 1.61. The van der Waals surface area contributed by atoms with Crippen molar-refractivity contribution in [3.8, 4) is 5.75 Å². The molecule has 5 rings (SSSR count). The number of hydrogen-bond donors (Lipinski definition) is 0. The van der Waals surface area contributed by atoms with Crippen molar-refractivity contribution in [1.29, 1.82) is 0 Å². The lowest BCUT2D eigenvalue weighted by Crippen LogP contribution is -2.52. The van der Waals surface area contributed by atoms with Crippen LogP contribution in [0.1, 0.15) is 47.0 Å². The molecule has 0 spiro atoms. The number of methoxy groups -OCH3 is 1. The summed E-state index contributed by atoms with van der Waals surface area (Å²) in [6, 6.07) is 4.81. The largest absolute Gasteiger partial charge is 0.494 e. The Bertz CT molecular complexity index is 1170. The summed E-state index contributed by atoms with van der Waals surface area (Å²) >= 11 is 1.46. The fourth-order valence-corrected chi connectivity index (χ4v) is 6.69. The predicted octanol–water partition coefficient (Wildman–Crippen LogP) is 3.66. The Hall–Kier alpha value is -2.88. The van der Waals surface area contributed by atoms with Crippen LogP contribution in [0.3, 0.4) is 0 Å². The molecule has 0 bridgehead atoms. The lowest BCUT2D eigenvalue weighted by molar-refractivity contribution is -0.137. The number of rotatable bonds is 3. The number of amides is 3. The van der Waals surface area contributed by atoms with Crippen LogP contribution >= 0.6 is 11.3 Å². The quantitative estimate of drug-likeness (QED) is 0.639. The number of anilines is 1. The van der Waals surface area contributed by atoms with Gasteiger partial charge in [0.2, 0.25) is 11.8 Å². The Labute approximate surface area is 209 Å². The lowest BCUT2D eigenvalue weighted by Gasteiger charge is -2.33. The van der Waals surface area contributed by atoms with Gasteiger partial charge in [-0.3, -0.25) is 19.4 Å². The summed E-state index contributed by atoms with van der Waals surface area (Å²) in [5, 5.41) is 0.638. The molecule has 1 aromatic carbocycles. The minimum Gasteiger partial charge on any atom is -0.494 e. The summed E-state index contributed by atoms with van der Waals surface area (Å²) in [5.74, 6) is 0.212. The van der Waals surface area contributed by atoms with E-state index < -0.39 is 17.7 Å². The molecular weight excluding hydrogens is 468 g/mol. The minimum atomic E-state index is -0.626. The normalized spacial score (nSPS) is 26.5. The van der Waals surface area contributed by atoms with E-state index in [1.54, 1.807) is 16.9 Å². The van der Waals surface area contributed by atoms with Crippen LogP contribution in [0.4, 0.5) is 9.93 Å². The fourth-order valence-electron chi connectivity index (χ4n) is 5.64. The third-order valence-electron chi connectivity index (χ3n) is 7.14. The van der Waals surface area contributed by atoms with Crippen molar-refractivity contribution in [2.45, 2.75) is 70.7 Å². The molecular formula is C25H32N4O5S. The first-order valence-corrected chi connectivity index (χ1v) is 13.0. The molecule has 4 heterocycles. The van der Waals surface area contributed by atoms with Gasteiger partial charge in [-0.25, -0.2) is 9.78 Å². The number of carbonyl (C=O) groups is 3. The van der Waals surface area contributed by atoms with Crippen molar-refractivity contribution in [2.75, 3.05) is 25.1 Å². The standard InChI is InChI=1S/C25H32N4O5S/c1-14-20-15(29(21(14)30)23-26-19-17(33-5)9-6-10-18(19)35-23)11-13-28(20)22(31)16-8-7-12-27(16)24(32)34-25(2,3)4/h6,9-10,14-16,20H,7-8,11-13H2,1-5H3/t14-,15-,16-,20+/m0/s1. The second-order valence-electron chi connectivity index (χ2n) is 10.5. The van der Waals surface area contributed by atoms with Gasteiger partial charge in [-0.15, -0.1) is 0 Å². The zero-order chi connectivity index (χ0) is 25.1. The average molecular weight is 501 g/mol. The average Bonchev–Trinajstić information content (AvgIpc) is 3.57. The van der Waals surface area contributed by atoms with Crippen LogP contribution in [0.5, 0.6) is 5.75 Å². The van der Waals surface area contributed by atoms with Crippen molar-refractivity contribution in [2.24, 2.45) is 5.92 Å². The predicted molar refractivity (Wildman–Crippen MR) is 133 cm³/mol. The highest BCUT2D eigenvalue weighted by Crippen LogP contribution is 2.43. The van der Waals surface area contributed by atoms with E-state index >= 15 is 0 Å². The third-order valence-corrected chi connectivity index (χ3v) is 8.16. The number of hydrogen-bond acceptors (Lipinski definition) is 7. The Morgan fingerprint density at radius 3 is 2.63 bits per heavy atom. The first kappa shape index (κ1) is 23.8. The number of ether oxygens (including phenoxy) is 2. The molecule has 0 unspecified atom stereocenters. The van der Waals surface area contributed by atoms with Crippen molar-refractivity contribution in [3.63, 3.8) is 0 Å². The maximum Gasteiger partial charge on any atom is 0.410 e. The van der Waals surface area contributed by atoms with Crippen LogP contribution < -0.4 is 9.64 Å². The Kier molecular flexibility index (Phi) is 5.89. The monoisotopic (exact) mass is 500 g/mol. The van der Waals surface area contributed by atoms with Gasteiger partial charge in [-0.2, -0.15) is 0 Å². The van der Waals surface area contributed by atoms with Gasteiger partial charge in [0.05, 0.1) is 29.8 Å². The maximum absolute atomic E-state index is 13.7. The molecule has 2 aromatic rings. The zero-order valence-electron chi connectivity index (χ0n) is 20.8. The summed E-state index contributed by atoms with van der Waals surface area (Å²) < 4.78 is 11.9. The van der Waals surface area contributed by atoms with E-state index in [0.717, 1.165) is 16.6 Å².